The highest BCUT2D eigenvalue weighted by Gasteiger charge is 2.37. The number of amides is 2. The van der Waals surface area contributed by atoms with Crippen LogP contribution in [0.15, 0.2) is 72.8 Å². The number of ether oxygens (including phenoxy) is 2. The van der Waals surface area contributed by atoms with Crippen molar-refractivity contribution in [2.45, 2.75) is 56.9 Å². The Labute approximate surface area is 246 Å². The summed E-state index contributed by atoms with van der Waals surface area (Å²) in [6.07, 6.45) is 1.09. The number of piperidine rings is 1. The van der Waals surface area contributed by atoms with Crippen molar-refractivity contribution in [2.75, 3.05) is 31.5 Å². The van der Waals surface area contributed by atoms with Gasteiger partial charge in [0.25, 0.3) is 0 Å². The maximum absolute atomic E-state index is 11.9. The Hall–Kier alpha value is -2.98. The number of carbonyl (C=O) groups is 1. The number of rotatable bonds is 8. The van der Waals surface area contributed by atoms with Gasteiger partial charge in [0, 0.05) is 48.9 Å². The first-order chi connectivity index (χ1) is 19.8. The van der Waals surface area contributed by atoms with Crippen molar-refractivity contribution in [3.8, 4) is 0 Å². The van der Waals surface area contributed by atoms with Crippen molar-refractivity contribution in [3.63, 3.8) is 0 Å². The van der Waals surface area contributed by atoms with Crippen molar-refractivity contribution in [3.05, 3.63) is 100 Å². The van der Waals surface area contributed by atoms with Gasteiger partial charge in [-0.05, 0) is 60.7 Å². The Morgan fingerprint density at radius 3 is 2.27 bits per heavy atom. The standard InChI is InChI=1S/C32H38ClN3O5/c1-2-34-31(38)35-27-13-7-24(8-14-27)30-40-28(19-29(41-30)23-5-3-22(21-37)4-6-23)20-36-17-15-32(39,16-18-36)25-9-11-26(33)12-10-25/h3-14,28-30,37,39H,2,15-21H2,1H3,(H2,34,35,38). The maximum atomic E-state index is 11.9. The summed E-state index contributed by atoms with van der Waals surface area (Å²) in [5, 5.41) is 27.0. The number of likely N-dealkylation sites (tertiary alicyclic amines) is 1. The number of halogens is 1. The van der Waals surface area contributed by atoms with Gasteiger partial charge in [-0.3, -0.25) is 0 Å². The van der Waals surface area contributed by atoms with Crippen LogP contribution < -0.4 is 10.6 Å². The molecule has 0 saturated carbocycles. The molecule has 9 heteroatoms. The molecule has 0 radical (unpaired) electrons. The van der Waals surface area contributed by atoms with Crippen LogP contribution in [0.2, 0.25) is 5.02 Å². The normalized spacial score (nSPS) is 22.7. The van der Waals surface area contributed by atoms with E-state index in [2.05, 4.69) is 15.5 Å². The fraction of sp³-hybridized carbons (Fsp3) is 0.406. The fourth-order valence-electron chi connectivity index (χ4n) is 5.53. The zero-order chi connectivity index (χ0) is 28.8. The van der Waals surface area contributed by atoms with E-state index in [1.165, 1.54) is 0 Å². The lowest BCUT2D eigenvalue weighted by atomic mass is 9.84. The number of nitrogens with one attached hydrogen (secondary N) is 2. The molecule has 0 aliphatic carbocycles. The van der Waals surface area contributed by atoms with Gasteiger partial charge in [-0.15, -0.1) is 0 Å². The summed E-state index contributed by atoms with van der Waals surface area (Å²) in [6, 6.07) is 22.6. The van der Waals surface area contributed by atoms with E-state index in [0.29, 0.717) is 36.5 Å². The van der Waals surface area contributed by atoms with E-state index in [9.17, 15) is 15.0 Å². The van der Waals surface area contributed by atoms with Crippen LogP contribution in [0.4, 0.5) is 10.5 Å². The summed E-state index contributed by atoms with van der Waals surface area (Å²) in [6.45, 7) is 4.63. The van der Waals surface area contributed by atoms with E-state index in [0.717, 1.165) is 41.9 Å². The highest BCUT2D eigenvalue weighted by molar-refractivity contribution is 6.30. The van der Waals surface area contributed by atoms with Crippen LogP contribution in [-0.2, 0) is 21.7 Å². The maximum Gasteiger partial charge on any atom is 0.319 e. The molecule has 0 aromatic heterocycles. The molecule has 5 rings (SSSR count). The Morgan fingerprint density at radius 2 is 1.63 bits per heavy atom. The quantitative estimate of drug-likeness (QED) is 0.281. The molecule has 218 valence electrons. The number of aliphatic hydroxyl groups excluding tert-OH is 1. The second-order valence-corrected chi connectivity index (χ2v) is 11.2. The summed E-state index contributed by atoms with van der Waals surface area (Å²) in [5.41, 5.74) is 3.48. The van der Waals surface area contributed by atoms with Gasteiger partial charge in [-0.25, -0.2) is 4.79 Å². The molecule has 3 aromatic rings. The summed E-state index contributed by atoms with van der Waals surface area (Å²) in [5.74, 6) is 0. The number of urea groups is 1. The molecule has 3 aromatic carbocycles. The third kappa shape index (κ3) is 7.46. The Morgan fingerprint density at radius 1 is 0.976 bits per heavy atom. The van der Waals surface area contributed by atoms with E-state index in [1.54, 1.807) is 0 Å². The summed E-state index contributed by atoms with van der Waals surface area (Å²) >= 11 is 6.05. The van der Waals surface area contributed by atoms with Gasteiger partial charge in [0.1, 0.15) is 0 Å². The molecule has 8 nitrogen and oxygen atoms in total. The number of aliphatic hydroxyl groups is 2. The van der Waals surface area contributed by atoms with Crippen molar-refractivity contribution in [2.24, 2.45) is 0 Å². The lowest BCUT2D eigenvalue weighted by molar-refractivity contribution is -0.253. The van der Waals surface area contributed by atoms with Gasteiger partial charge in [-0.1, -0.05) is 60.1 Å². The largest absolute Gasteiger partial charge is 0.392 e. The number of hydrogen-bond donors (Lipinski definition) is 4. The zero-order valence-electron chi connectivity index (χ0n) is 23.3. The van der Waals surface area contributed by atoms with Crippen LogP contribution in [0.1, 0.15) is 60.8 Å². The van der Waals surface area contributed by atoms with E-state index in [4.69, 9.17) is 21.1 Å². The van der Waals surface area contributed by atoms with Crippen LogP contribution in [0.25, 0.3) is 0 Å². The lowest BCUT2D eigenvalue weighted by Crippen LogP contribution is -2.46. The monoisotopic (exact) mass is 579 g/mol. The fourth-order valence-corrected chi connectivity index (χ4v) is 5.66. The third-order valence-electron chi connectivity index (χ3n) is 7.92. The van der Waals surface area contributed by atoms with Crippen LogP contribution in [0.5, 0.6) is 0 Å². The minimum absolute atomic E-state index is 0.00580. The van der Waals surface area contributed by atoms with Crippen molar-refractivity contribution >= 4 is 23.3 Å². The Bertz CT molecular complexity index is 1280. The van der Waals surface area contributed by atoms with Gasteiger partial charge in [0.15, 0.2) is 6.29 Å². The molecule has 2 amide bonds. The van der Waals surface area contributed by atoms with Crippen LogP contribution in [0.3, 0.4) is 0 Å². The van der Waals surface area contributed by atoms with E-state index in [1.807, 2.05) is 79.7 Å². The predicted molar refractivity (Wildman–Crippen MR) is 159 cm³/mol. The second kappa shape index (κ2) is 13.3. The van der Waals surface area contributed by atoms with Gasteiger partial charge in [0.05, 0.1) is 24.4 Å². The van der Waals surface area contributed by atoms with Gasteiger partial charge >= 0.3 is 6.03 Å². The highest BCUT2D eigenvalue weighted by atomic mass is 35.5. The molecule has 0 bridgehead atoms. The first-order valence-corrected chi connectivity index (χ1v) is 14.6. The number of anilines is 1. The molecule has 2 aliphatic rings. The average Bonchev–Trinajstić information content (AvgIpc) is 2.99. The van der Waals surface area contributed by atoms with Gasteiger partial charge < -0.3 is 35.2 Å². The average molecular weight is 580 g/mol. The third-order valence-corrected chi connectivity index (χ3v) is 8.17. The van der Waals surface area contributed by atoms with Crippen molar-refractivity contribution in [1.29, 1.82) is 0 Å². The minimum atomic E-state index is -0.860. The zero-order valence-corrected chi connectivity index (χ0v) is 24.0. The van der Waals surface area contributed by atoms with Crippen LogP contribution in [0, 0.1) is 0 Å². The molecule has 41 heavy (non-hydrogen) atoms. The topological polar surface area (TPSA) is 103 Å². The molecular formula is C32H38ClN3O5. The minimum Gasteiger partial charge on any atom is -0.392 e. The second-order valence-electron chi connectivity index (χ2n) is 10.8. The Kier molecular flexibility index (Phi) is 9.60. The molecule has 0 spiro atoms. The van der Waals surface area contributed by atoms with Gasteiger partial charge in [-0.2, -0.15) is 0 Å². The smallest absolute Gasteiger partial charge is 0.319 e. The summed E-state index contributed by atoms with van der Waals surface area (Å²) < 4.78 is 13.0. The number of carbonyl (C=O) groups excluding carboxylic acids is 1. The molecule has 2 fully saturated rings. The van der Waals surface area contributed by atoms with E-state index >= 15 is 0 Å². The van der Waals surface area contributed by atoms with Crippen molar-refractivity contribution in [1.82, 2.24) is 10.2 Å². The first kappa shape index (κ1) is 29.5. The first-order valence-electron chi connectivity index (χ1n) is 14.2. The summed E-state index contributed by atoms with van der Waals surface area (Å²) in [7, 11) is 0. The molecule has 3 unspecified atom stereocenters. The number of nitrogens with zero attached hydrogens (tertiary/aromatic N) is 1. The van der Waals surface area contributed by atoms with E-state index < -0.39 is 11.9 Å². The number of hydrogen-bond acceptors (Lipinski definition) is 6. The van der Waals surface area contributed by atoms with Crippen molar-refractivity contribution < 1.29 is 24.5 Å². The molecule has 2 saturated heterocycles. The molecule has 2 aliphatic heterocycles. The molecule has 4 N–H and O–H groups in total. The molecule has 3 atom stereocenters. The predicted octanol–water partition coefficient (Wildman–Crippen LogP) is 5.50. The molecular weight excluding hydrogens is 542 g/mol. The SMILES string of the molecule is CCNC(=O)Nc1ccc(C2OC(CN3CCC(O)(c4ccc(Cl)cc4)CC3)CC(c3ccc(CO)cc3)O2)cc1. The van der Waals surface area contributed by atoms with Crippen LogP contribution >= 0.6 is 11.6 Å². The van der Waals surface area contributed by atoms with Crippen LogP contribution in [-0.4, -0.2) is 53.4 Å². The highest BCUT2D eigenvalue weighted by Crippen LogP contribution is 2.39. The molecule has 2 heterocycles. The van der Waals surface area contributed by atoms with E-state index in [-0.39, 0.29) is 24.8 Å². The lowest BCUT2D eigenvalue weighted by Gasteiger charge is -2.42. The van der Waals surface area contributed by atoms with Gasteiger partial charge in [0.2, 0.25) is 0 Å². The Balaban J connectivity index is 1.28. The number of benzene rings is 3. The summed E-state index contributed by atoms with van der Waals surface area (Å²) in [4.78, 5) is 14.2.